The Morgan fingerprint density at radius 1 is 0.476 bits per heavy atom. The maximum absolute atomic E-state index is 6.62. The number of hydrogen-bond donors (Lipinski definition) is 0. The summed E-state index contributed by atoms with van der Waals surface area (Å²) >= 11 is 0. The minimum atomic E-state index is 0.573. The molecule has 5 heteroatoms. The lowest BCUT2D eigenvalue weighted by molar-refractivity contribution is 0.619. The number of anilines is 3. The quantitative estimate of drug-likeness (QED) is 0.221. The van der Waals surface area contributed by atoms with Crippen LogP contribution in [0.4, 0.5) is 17.1 Å². The van der Waals surface area contributed by atoms with E-state index in [1.54, 1.807) is 0 Å². The predicted molar refractivity (Wildman–Crippen MR) is 169 cm³/mol. The molecule has 0 fully saturated rings. The summed E-state index contributed by atoms with van der Waals surface area (Å²) in [6, 6.07) is 44.9. The first-order valence-corrected chi connectivity index (χ1v) is 13.9. The van der Waals surface area contributed by atoms with E-state index in [-0.39, 0.29) is 0 Å². The zero-order chi connectivity index (χ0) is 27.6. The van der Waals surface area contributed by atoms with E-state index < -0.39 is 0 Å². The molecule has 0 unspecified atom stereocenters. The second-order valence-corrected chi connectivity index (χ2v) is 10.4. The molecule has 198 valence electrons. The van der Waals surface area contributed by atoms with E-state index in [4.69, 9.17) is 18.2 Å². The van der Waals surface area contributed by atoms with E-state index in [2.05, 4.69) is 47.4 Å². The van der Waals surface area contributed by atoms with Gasteiger partial charge in [0.25, 0.3) is 0 Å². The van der Waals surface area contributed by atoms with Crippen molar-refractivity contribution in [2.45, 2.75) is 0 Å². The Bertz CT molecular complexity index is 2420. The SMILES string of the molecule is c1ccc(-c2nc3c(cc(N(c4ccccc4)c4ccc5c(c4)oc4ccccc45)c4oc5ccccc5c43)o2)cc1. The van der Waals surface area contributed by atoms with Crippen molar-refractivity contribution in [2.75, 3.05) is 4.90 Å². The maximum Gasteiger partial charge on any atom is 0.227 e. The third-order valence-electron chi connectivity index (χ3n) is 7.88. The van der Waals surface area contributed by atoms with Crippen molar-refractivity contribution in [3.05, 3.63) is 133 Å². The molecule has 0 amide bonds. The van der Waals surface area contributed by atoms with Gasteiger partial charge in [0.1, 0.15) is 22.3 Å². The second kappa shape index (κ2) is 8.85. The van der Waals surface area contributed by atoms with Crippen LogP contribution in [0.2, 0.25) is 0 Å². The highest BCUT2D eigenvalue weighted by Crippen LogP contribution is 2.46. The van der Waals surface area contributed by atoms with Crippen molar-refractivity contribution in [1.29, 1.82) is 0 Å². The van der Waals surface area contributed by atoms with Gasteiger partial charge in [-0.1, -0.05) is 72.8 Å². The molecule has 0 radical (unpaired) electrons. The van der Waals surface area contributed by atoms with E-state index in [1.807, 2.05) is 91.0 Å². The first-order chi connectivity index (χ1) is 20.8. The van der Waals surface area contributed by atoms with Crippen LogP contribution in [0.1, 0.15) is 0 Å². The summed E-state index contributed by atoms with van der Waals surface area (Å²) in [5.41, 5.74) is 8.39. The number of para-hydroxylation sites is 3. The molecule has 3 heterocycles. The van der Waals surface area contributed by atoms with E-state index >= 15 is 0 Å². The minimum absolute atomic E-state index is 0.573. The van der Waals surface area contributed by atoms with Gasteiger partial charge in [0.15, 0.2) is 11.2 Å². The van der Waals surface area contributed by atoms with Gasteiger partial charge >= 0.3 is 0 Å². The maximum atomic E-state index is 6.62. The van der Waals surface area contributed by atoms with E-state index in [9.17, 15) is 0 Å². The third-order valence-corrected chi connectivity index (χ3v) is 7.88. The van der Waals surface area contributed by atoms with Crippen molar-refractivity contribution in [1.82, 2.24) is 4.98 Å². The molecule has 0 saturated carbocycles. The van der Waals surface area contributed by atoms with Gasteiger partial charge in [0.2, 0.25) is 5.89 Å². The van der Waals surface area contributed by atoms with Gasteiger partial charge in [0, 0.05) is 39.5 Å². The van der Waals surface area contributed by atoms with Gasteiger partial charge in [-0.2, -0.15) is 0 Å². The standard InChI is InChI=1S/C37H22N2O3/c1-3-11-23(12-4-1)37-38-35-33(42-37)22-29(36-34(35)28-16-8-10-18-31(28)41-36)39(24-13-5-2-6-14-24)25-19-20-27-26-15-7-9-17-30(26)40-32(27)21-25/h1-22H. The molecule has 0 aliphatic carbocycles. The van der Waals surface area contributed by atoms with E-state index in [0.717, 1.165) is 72.0 Å². The topological polar surface area (TPSA) is 55.6 Å². The van der Waals surface area contributed by atoms with E-state index in [1.165, 1.54) is 0 Å². The van der Waals surface area contributed by atoms with E-state index in [0.29, 0.717) is 11.5 Å². The molecule has 3 aromatic heterocycles. The Morgan fingerprint density at radius 3 is 1.95 bits per heavy atom. The highest BCUT2D eigenvalue weighted by Gasteiger charge is 2.25. The number of aromatic nitrogens is 1. The molecule has 9 aromatic rings. The van der Waals surface area contributed by atoms with Crippen LogP contribution in [0.3, 0.4) is 0 Å². The van der Waals surface area contributed by atoms with Crippen LogP contribution in [0.25, 0.3) is 66.4 Å². The van der Waals surface area contributed by atoms with Crippen LogP contribution in [-0.2, 0) is 0 Å². The van der Waals surface area contributed by atoms with Crippen molar-refractivity contribution in [3.63, 3.8) is 0 Å². The Labute approximate surface area is 239 Å². The summed E-state index contributed by atoms with van der Waals surface area (Å²) in [5, 5.41) is 4.10. The fourth-order valence-corrected chi connectivity index (χ4v) is 5.99. The molecule has 5 nitrogen and oxygen atoms in total. The molecular formula is C37H22N2O3. The largest absolute Gasteiger partial charge is 0.456 e. The van der Waals surface area contributed by atoms with Gasteiger partial charge in [-0.15, -0.1) is 0 Å². The number of hydrogen-bond acceptors (Lipinski definition) is 5. The zero-order valence-corrected chi connectivity index (χ0v) is 22.3. The van der Waals surface area contributed by atoms with Crippen molar-refractivity contribution in [2.24, 2.45) is 0 Å². The summed E-state index contributed by atoms with van der Waals surface area (Å²) in [5.74, 6) is 0.573. The Hall–Kier alpha value is -5.81. The molecule has 42 heavy (non-hydrogen) atoms. The molecule has 9 rings (SSSR count). The number of furan rings is 2. The average molecular weight is 543 g/mol. The summed E-state index contributed by atoms with van der Waals surface area (Å²) in [7, 11) is 0. The number of benzene rings is 6. The Kier molecular flexibility index (Phi) is 4.83. The number of oxazole rings is 1. The van der Waals surface area contributed by atoms with Gasteiger partial charge in [-0.05, 0) is 48.5 Å². The molecule has 0 bridgehead atoms. The van der Waals surface area contributed by atoms with Crippen molar-refractivity contribution >= 4 is 72.0 Å². The van der Waals surface area contributed by atoms with Crippen LogP contribution >= 0.6 is 0 Å². The van der Waals surface area contributed by atoms with Gasteiger partial charge in [-0.25, -0.2) is 4.98 Å². The molecule has 6 aromatic carbocycles. The lowest BCUT2D eigenvalue weighted by atomic mass is 10.1. The Morgan fingerprint density at radius 2 is 1.14 bits per heavy atom. The molecule has 0 atom stereocenters. The van der Waals surface area contributed by atoms with Crippen molar-refractivity contribution < 1.29 is 13.3 Å². The lowest BCUT2D eigenvalue weighted by Gasteiger charge is -2.25. The monoisotopic (exact) mass is 542 g/mol. The predicted octanol–water partition coefficient (Wildman–Crippen LogP) is 10.8. The molecule has 0 saturated heterocycles. The van der Waals surface area contributed by atoms with Crippen molar-refractivity contribution in [3.8, 4) is 11.5 Å². The first kappa shape index (κ1) is 22.9. The lowest BCUT2D eigenvalue weighted by Crippen LogP contribution is -2.10. The fraction of sp³-hybridized carbons (Fsp3) is 0. The molecular weight excluding hydrogens is 520 g/mol. The van der Waals surface area contributed by atoms with Gasteiger partial charge in [0.05, 0.1) is 16.8 Å². The number of nitrogens with zero attached hydrogens (tertiary/aromatic N) is 2. The van der Waals surface area contributed by atoms with Crippen LogP contribution in [0.5, 0.6) is 0 Å². The summed E-state index contributed by atoms with van der Waals surface area (Å²) < 4.78 is 19.4. The molecule has 0 aliphatic heterocycles. The molecule has 0 spiro atoms. The summed E-state index contributed by atoms with van der Waals surface area (Å²) in [4.78, 5) is 7.18. The van der Waals surface area contributed by atoms with Crippen LogP contribution < -0.4 is 4.90 Å². The first-order valence-electron chi connectivity index (χ1n) is 13.9. The second-order valence-electron chi connectivity index (χ2n) is 10.4. The minimum Gasteiger partial charge on any atom is -0.456 e. The van der Waals surface area contributed by atoms with Crippen LogP contribution in [0, 0.1) is 0 Å². The smallest absolute Gasteiger partial charge is 0.227 e. The number of rotatable bonds is 4. The van der Waals surface area contributed by atoms with Crippen LogP contribution in [-0.4, -0.2) is 4.98 Å². The summed E-state index contributed by atoms with van der Waals surface area (Å²) in [6.45, 7) is 0. The average Bonchev–Trinajstić information content (AvgIpc) is 3.75. The highest BCUT2D eigenvalue weighted by atomic mass is 16.4. The van der Waals surface area contributed by atoms with Gasteiger partial charge in [-0.3, -0.25) is 0 Å². The normalized spacial score (nSPS) is 11.8. The van der Waals surface area contributed by atoms with Gasteiger partial charge < -0.3 is 18.2 Å². The molecule has 0 N–H and O–H groups in total. The zero-order valence-electron chi connectivity index (χ0n) is 22.3. The molecule has 0 aliphatic rings. The third kappa shape index (κ3) is 3.40. The highest BCUT2D eigenvalue weighted by molar-refractivity contribution is 6.21. The number of fused-ring (bicyclic) bond motifs is 8. The van der Waals surface area contributed by atoms with Crippen LogP contribution in [0.15, 0.2) is 147 Å². The summed E-state index contributed by atoms with van der Waals surface area (Å²) in [6.07, 6.45) is 0. The fourth-order valence-electron chi connectivity index (χ4n) is 5.99. The Balaban J connectivity index is 1.36.